The van der Waals surface area contributed by atoms with Gasteiger partial charge in [0.1, 0.15) is 6.61 Å². The van der Waals surface area contributed by atoms with Crippen molar-refractivity contribution in [3.63, 3.8) is 0 Å². The summed E-state index contributed by atoms with van der Waals surface area (Å²) in [6.45, 7) is 16.5. The maximum atomic E-state index is 14.1. The summed E-state index contributed by atoms with van der Waals surface area (Å²) in [5.74, 6) is 0.618. The van der Waals surface area contributed by atoms with Gasteiger partial charge >= 0.3 is 0 Å². The van der Waals surface area contributed by atoms with E-state index >= 15 is 0 Å². The average Bonchev–Trinajstić information content (AvgIpc) is 2.89. The number of carbonyl (C=O) groups excluding carboxylic acids is 2. The van der Waals surface area contributed by atoms with Crippen molar-refractivity contribution in [1.82, 2.24) is 4.90 Å². The quantitative estimate of drug-likeness (QED) is 0.281. The summed E-state index contributed by atoms with van der Waals surface area (Å²) in [6, 6.07) is 10.1. The smallest absolute Gasteiger partial charge is 0.180 e. The number of carbonyl (C=O) groups is 2. The maximum Gasteiger partial charge on any atom is 0.180 e. The Labute approximate surface area is 267 Å². The minimum Gasteiger partial charge on any atom is -0.490 e. The predicted octanol–water partition coefficient (Wildman–Crippen LogP) is 8.27. The second-order valence-electron chi connectivity index (χ2n) is 14.2. The summed E-state index contributed by atoms with van der Waals surface area (Å²) in [5.41, 5.74) is 7.18. The lowest BCUT2D eigenvalue weighted by atomic mass is 9.63. The van der Waals surface area contributed by atoms with Gasteiger partial charge in [-0.05, 0) is 67.7 Å². The molecule has 0 saturated carbocycles. The standard InChI is InChI=1S/C37H46ClNO5/c1-9-43-31-16-25(15-26(38)35(31)44-21-24-13-22(2)12-23(3)14-24)32-33-27(17-36(4,5)19-29(33)40)39(10-11-42-8)28-18-37(6,7)20-30(41)34(28)32/h12-16,32H,9-11,17-21H2,1-8H3. The third-order valence-corrected chi connectivity index (χ3v) is 9.15. The molecule has 0 N–H and O–H groups in total. The first-order chi connectivity index (χ1) is 20.7. The molecule has 1 heterocycles. The molecule has 0 amide bonds. The number of ketones is 2. The van der Waals surface area contributed by atoms with Gasteiger partial charge in [0.25, 0.3) is 0 Å². The number of methoxy groups -OCH3 is 1. The van der Waals surface area contributed by atoms with E-state index in [-0.39, 0.29) is 22.4 Å². The molecule has 5 rings (SSSR count). The summed E-state index contributed by atoms with van der Waals surface area (Å²) in [7, 11) is 1.68. The lowest BCUT2D eigenvalue weighted by Gasteiger charge is -2.49. The van der Waals surface area contributed by atoms with Gasteiger partial charge in [0.15, 0.2) is 23.1 Å². The number of rotatable bonds is 9. The Balaban J connectivity index is 1.66. The molecule has 236 valence electrons. The van der Waals surface area contributed by atoms with E-state index in [2.05, 4.69) is 64.6 Å². The van der Waals surface area contributed by atoms with Crippen molar-refractivity contribution in [3.05, 3.63) is 80.1 Å². The van der Waals surface area contributed by atoms with Crippen LogP contribution in [0.3, 0.4) is 0 Å². The molecule has 0 fully saturated rings. The summed E-state index contributed by atoms with van der Waals surface area (Å²) >= 11 is 7.00. The van der Waals surface area contributed by atoms with E-state index in [0.29, 0.717) is 66.9 Å². The number of halogens is 1. The Morgan fingerprint density at radius 3 is 1.93 bits per heavy atom. The van der Waals surface area contributed by atoms with E-state index in [1.165, 1.54) is 11.1 Å². The molecular weight excluding hydrogens is 574 g/mol. The number of Topliss-reactive ketones (excluding diaryl/α,β-unsaturated/α-hetero) is 2. The molecule has 3 aliphatic rings. The van der Waals surface area contributed by atoms with Crippen LogP contribution >= 0.6 is 11.6 Å². The van der Waals surface area contributed by atoms with Gasteiger partial charge in [-0.2, -0.15) is 0 Å². The second-order valence-corrected chi connectivity index (χ2v) is 14.6. The van der Waals surface area contributed by atoms with Crippen molar-refractivity contribution in [2.24, 2.45) is 10.8 Å². The number of aryl methyl sites for hydroxylation is 2. The van der Waals surface area contributed by atoms with E-state index in [0.717, 1.165) is 35.4 Å². The molecule has 0 atom stereocenters. The number of hydrogen-bond acceptors (Lipinski definition) is 6. The highest BCUT2D eigenvalue weighted by Gasteiger charge is 2.49. The Bertz CT molecular complexity index is 1470. The highest BCUT2D eigenvalue weighted by molar-refractivity contribution is 6.32. The molecule has 0 radical (unpaired) electrons. The van der Waals surface area contributed by atoms with Crippen LogP contribution in [-0.4, -0.2) is 43.3 Å². The molecule has 0 unspecified atom stereocenters. The molecular formula is C37H46ClNO5. The van der Waals surface area contributed by atoms with E-state index in [1.807, 2.05) is 19.1 Å². The summed E-state index contributed by atoms with van der Waals surface area (Å²) < 4.78 is 17.9. The molecule has 0 saturated heterocycles. The molecule has 2 aliphatic carbocycles. The van der Waals surface area contributed by atoms with Crippen molar-refractivity contribution in [2.45, 2.75) is 86.7 Å². The zero-order valence-corrected chi connectivity index (χ0v) is 28.2. The molecule has 0 spiro atoms. The van der Waals surface area contributed by atoms with Gasteiger partial charge in [0, 0.05) is 55.0 Å². The summed E-state index contributed by atoms with van der Waals surface area (Å²) in [5, 5.41) is 0.397. The molecule has 0 bridgehead atoms. The zero-order chi connectivity index (χ0) is 32.0. The normalized spacial score (nSPS) is 19.7. The maximum absolute atomic E-state index is 14.1. The number of benzene rings is 2. The van der Waals surface area contributed by atoms with Crippen LogP contribution in [0.15, 0.2) is 52.9 Å². The Kier molecular flexibility index (Phi) is 9.08. The van der Waals surface area contributed by atoms with Crippen LogP contribution in [-0.2, 0) is 20.9 Å². The van der Waals surface area contributed by atoms with Gasteiger partial charge < -0.3 is 19.1 Å². The first-order valence-corrected chi connectivity index (χ1v) is 16.1. The van der Waals surface area contributed by atoms with E-state index in [4.69, 9.17) is 25.8 Å². The second kappa shape index (κ2) is 12.4. The number of ether oxygens (including phenoxy) is 3. The van der Waals surface area contributed by atoms with Gasteiger partial charge in [-0.3, -0.25) is 9.59 Å². The largest absolute Gasteiger partial charge is 0.490 e. The number of nitrogens with zero attached hydrogens (tertiary/aromatic N) is 1. The minimum atomic E-state index is -0.517. The van der Waals surface area contributed by atoms with Crippen molar-refractivity contribution in [3.8, 4) is 11.5 Å². The predicted molar refractivity (Wildman–Crippen MR) is 174 cm³/mol. The minimum absolute atomic E-state index is 0.0806. The Morgan fingerprint density at radius 2 is 1.41 bits per heavy atom. The Morgan fingerprint density at radius 1 is 0.841 bits per heavy atom. The van der Waals surface area contributed by atoms with Crippen LogP contribution in [0.1, 0.15) is 88.5 Å². The van der Waals surface area contributed by atoms with Gasteiger partial charge in [0.2, 0.25) is 0 Å². The van der Waals surface area contributed by atoms with Crippen LogP contribution in [0.5, 0.6) is 11.5 Å². The van der Waals surface area contributed by atoms with Crippen molar-refractivity contribution < 1.29 is 23.8 Å². The lowest BCUT2D eigenvalue weighted by Crippen LogP contribution is -2.45. The molecule has 2 aromatic carbocycles. The van der Waals surface area contributed by atoms with E-state index in [9.17, 15) is 9.59 Å². The van der Waals surface area contributed by atoms with E-state index in [1.54, 1.807) is 7.11 Å². The van der Waals surface area contributed by atoms with Crippen LogP contribution in [0, 0.1) is 24.7 Å². The van der Waals surface area contributed by atoms with Gasteiger partial charge in [-0.1, -0.05) is 68.6 Å². The fourth-order valence-corrected chi connectivity index (χ4v) is 7.57. The molecule has 1 aliphatic heterocycles. The first kappa shape index (κ1) is 32.3. The van der Waals surface area contributed by atoms with Gasteiger partial charge in [-0.25, -0.2) is 0 Å². The zero-order valence-electron chi connectivity index (χ0n) is 27.5. The highest BCUT2D eigenvalue weighted by Crippen LogP contribution is 2.55. The summed E-state index contributed by atoms with van der Waals surface area (Å²) in [4.78, 5) is 30.4. The van der Waals surface area contributed by atoms with Crippen LogP contribution in [0.4, 0.5) is 0 Å². The number of hydrogen-bond donors (Lipinski definition) is 0. The molecule has 7 heteroatoms. The molecule has 6 nitrogen and oxygen atoms in total. The van der Waals surface area contributed by atoms with Crippen LogP contribution < -0.4 is 9.47 Å². The van der Waals surface area contributed by atoms with Crippen LogP contribution in [0.2, 0.25) is 5.02 Å². The monoisotopic (exact) mass is 619 g/mol. The third-order valence-electron chi connectivity index (χ3n) is 8.87. The highest BCUT2D eigenvalue weighted by atomic mass is 35.5. The SMILES string of the molecule is CCOc1cc(C2C3=C(CC(C)(C)CC3=O)N(CCOC)C3=C2C(=O)CC(C)(C)C3)cc(Cl)c1OCc1cc(C)cc(C)c1. The topological polar surface area (TPSA) is 65.1 Å². The lowest BCUT2D eigenvalue weighted by molar-refractivity contribution is -0.119. The van der Waals surface area contributed by atoms with Crippen molar-refractivity contribution in [1.29, 1.82) is 0 Å². The molecule has 44 heavy (non-hydrogen) atoms. The fraction of sp³-hybridized carbons (Fsp3) is 0.514. The van der Waals surface area contributed by atoms with Crippen molar-refractivity contribution in [2.75, 3.05) is 26.9 Å². The van der Waals surface area contributed by atoms with Crippen LogP contribution in [0.25, 0.3) is 0 Å². The van der Waals surface area contributed by atoms with Gasteiger partial charge in [0.05, 0.1) is 18.2 Å². The first-order valence-electron chi connectivity index (χ1n) is 15.7. The fourth-order valence-electron chi connectivity index (χ4n) is 7.30. The summed E-state index contributed by atoms with van der Waals surface area (Å²) in [6.07, 6.45) is 2.32. The molecule has 0 aromatic heterocycles. The van der Waals surface area contributed by atoms with Gasteiger partial charge in [-0.15, -0.1) is 0 Å². The average molecular weight is 620 g/mol. The molecule has 2 aromatic rings. The van der Waals surface area contributed by atoms with E-state index < -0.39 is 5.92 Å². The third kappa shape index (κ3) is 6.48. The number of allylic oxidation sites excluding steroid dienone is 4. The Hall–Kier alpha value is -3.09. The van der Waals surface area contributed by atoms with Crippen molar-refractivity contribution >= 4 is 23.2 Å².